The monoisotopic (exact) mass is 582 g/mol. The third kappa shape index (κ3) is 4.83. The molecule has 0 atom stereocenters. The molecule has 3 aromatic carbocycles. The van der Waals surface area contributed by atoms with Gasteiger partial charge in [0.1, 0.15) is 17.9 Å². The molecule has 1 fully saturated rings. The van der Waals surface area contributed by atoms with E-state index >= 15 is 0 Å². The van der Waals surface area contributed by atoms with E-state index in [9.17, 15) is 14.4 Å². The second-order valence-corrected chi connectivity index (χ2v) is 9.46. The minimum Gasteiger partial charge on any atom is -0.488 e. The van der Waals surface area contributed by atoms with Crippen LogP contribution < -0.4 is 15.0 Å². The first-order valence-corrected chi connectivity index (χ1v) is 12.0. The van der Waals surface area contributed by atoms with Crippen LogP contribution >= 0.6 is 31.9 Å². The van der Waals surface area contributed by atoms with Gasteiger partial charge in [0.2, 0.25) is 0 Å². The van der Waals surface area contributed by atoms with Crippen LogP contribution in [0.1, 0.15) is 22.3 Å². The lowest BCUT2D eigenvalue weighted by atomic mass is 10.0. The SMILES string of the molecule is Cc1cccc(N2C(=O)NC(=O)/C(=C\c3ccc(OCc4ccccc4Br)c(Br)c3)C2=O)c1C. The first-order valence-electron chi connectivity index (χ1n) is 10.4. The van der Waals surface area contributed by atoms with Crippen molar-refractivity contribution < 1.29 is 19.1 Å². The fraction of sp³-hybridized carbons (Fsp3) is 0.115. The summed E-state index contributed by atoms with van der Waals surface area (Å²) in [6, 6.07) is 17.6. The van der Waals surface area contributed by atoms with Crippen molar-refractivity contribution in [3.8, 4) is 5.75 Å². The van der Waals surface area contributed by atoms with Gasteiger partial charge in [-0.2, -0.15) is 0 Å². The van der Waals surface area contributed by atoms with Crippen LogP contribution in [0.5, 0.6) is 5.75 Å². The molecule has 0 radical (unpaired) electrons. The zero-order valence-electron chi connectivity index (χ0n) is 18.4. The molecule has 6 nitrogen and oxygen atoms in total. The van der Waals surface area contributed by atoms with E-state index in [1.54, 1.807) is 30.3 Å². The molecule has 1 N–H and O–H groups in total. The molecule has 0 saturated carbocycles. The highest BCUT2D eigenvalue weighted by Gasteiger charge is 2.37. The van der Waals surface area contributed by atoms with Crippen LogP contribution in [0, 0.1) is 13.8 Å². The fourth-order valence-electron chi connectivity index (χ4n) is 3.52. The summed E-state index contributed by atoms with van der Waals surface area (Å²) in [5.74, 6) is -0.792. The van der Waals surface area contributed by atoms with Gasteiger partial charge >= 0.3 is 6.03 Å². The highest BCUT2D eigenvalue weighted by atomic mass is 79.9. The Morgan fingerprint density at radius 3 is 2.44 bits per heavy atom. The van der Waals surface area contributed by atoms with E-state index in [0.717, 1.165) is 26.1 Å². The molecule has 34 heavy (non-hydrogen) atoms. The summed E-state index contributed by atoms with van der Waals surface area (Å²) in [6.07, 6.45) is 1.46. The molecule has 0 bridgehead atoms. The van der Waals surface area contributed by atoms with Crippen molar-refractivity contribution in [2.45, 2.75) is 20.5 Å². The van der Waals surface area contributed by atoms with Crippen LogP contribution in [0.15, 0.2) is 75.2 Å². The number of nitrogens with zero attached hydrogens (tertiary/aromatic N) is 1. The minimum absolute atomic E-state index is 0.130. The van der Waals surface area contributed by atoms with Crippen molar-refractivity contribution in [2.24, 2.45) is 0 Å². The molecule has 1 aliphatic rings. The summed E-state index contributed by atoms with van der Waals surface area (Å²) in [5.41, 5.74) is 3.64. The van der Waals surface area contributed by atoms with Crippen LogP contribution in [0.3, 0.4) is 0 Å². The van der Waals surface area contributed by atoms with Crippen molar-refractivity contribution in [2.75, 3.05) is 4.90 Å². The van der Waals surface area contributed by atoms with Gasteiger partial charge in [0.05, 0.1) is 10.2 Å². The summed E-state index contributed by atoms with van der Waals surface area (Å²) < 4.78 is 7.53. The van der Waals surface area contributed by atoms with Gasteiger partial charge in [-0.1, -0.05) is 52.3 Å². The van der Waals surface area contributed by atoms with E-state index in [2.05, 4.69) is 37.2 Å². The minimum atomic E-state index is -0.766. The Morgan fingerprint density at radius 1 is 0.941 bits per heavy atom. The average molecular weight is 584 g/mol. The van der Waals surface area contributed by atoms with Crippen LogP contribution in [0.4, 0.5) is 10.5 Å². The lowest BCUT2D eigenvalue weighted by Crippen LogP contribution is -2.54. The van der Waals surface area contributed by atoms with E-state index in [0.29, 0.717) is 28.1 Å². The molecule has 1 heterocycles. The normalized spacial score (nSPS) is 15.0. The predicted octanol–water partition coefficient (Wildman–Crippen LogP) is 6.07. The number of hydrogen-bond donors (Lipinski definition) is 1. The summed E-state index contributed by atoms with van der Waals surface area (Å²) in [4.78, 5) is 39.2. The molecule has 1 aliphatic heterocycles. The first kappa shape index (κ1) is 23.9. The summed E-state index contributed by atoms with van der Waals surface area (Å²) >= 11 is 7.00. The molecular formula is C26H20Br2N2O4. The molecular weight excluding hydrogens is 564 g/mol. The molecule has 4 rings (SSSR count). The van der Waals surface area contributed by atoms with Gasteiger partial charge in [0.25, 0.3) is 11.8 Å². The third-order valence-electron chi connectivity index (χ3n) is 5.53. The number of amides is 4. The largest absolute Gasteiger partial charge is 0.488 e. The maximum atomic E-state index is 13.2. The lowest BCUT2D eigenvalue weighted by molar-refractivity contribution is -0.122. The topological polar surface area (TPSA) is 75.7 Å². The molecule has 0 spiro atoms. The number of imide groups is 2. The van der Waals surface area contributed by atoms with Crippen LogP contribution in [0.25, 0.3) is 6.08 Å². The van der Waals surface area contributed by atoms with Crippen LogP contribution in [-0.2, 0) is 16.2 Å². The molecule has 4 amide bonds. The van der Waals surface area contributed by atoms with Crippen molar-refractivity contribution >= 4 is 61.5 Å². The zero-order valence-corrected chi connectivity index (χ0v) is 21.6. The van der Waals surface area contributed by atoms with E-state index in [1.807, 2.05) is 44.2 Å². The van der Waals surface area contributed by atoms with Gasteiger partial charge < -0.3 is 4.74 Å². The maximum absolute atomic E-state index is 13.2. The number of carbonyl (C=O) groups excluding carboxylic acids is 3. The Balaban J connectivity index is 1.60. The summed E-state index contributed by atoms with van der Waals surface area (Å²) in [7, 11) is 0. The van der Waals surface area contributed by atoms with E-state index in [-0.39, 0.29) is 5.57 Å². The smallest absolute Gasteiger partial charge is 0.335 e. The van der Waals surface area contributed by atoms with E-state index < -0.39 is 17.8 Å². The molecule has 1 saturated heterocycles. The van der Waals surface area contributed by atoms with E-state index in [4.69, 9.17) is 4.74 Å². The second-order valence-electron chi connectivity index (χ2n) is 7.75. The Labute approximate surface area is 213 Å². The molecule has 8 heteroatoms. The molecule has 0 unspecified atom stereocenters. The van der Waals surface area contributed by atoms with Crippen molar-refractivity contribution in [1.29, 1.82) is 0 Å². The number of nitrogens with one attached hydrogen (secondary N) is 1. The Bertz CT molecular complexity index is 1350. The van der Waals surface area contributed by atoms with Crippen molar-refractivity contribution in [1.82, 2.24) is 5.32 Å². The number of ether oxygens (including phenoxy) is 1. The Morgan fingerprint density at radius 2 is 1.71 bits per heavy atom. The molecule has 0 aromatic heterocycles. The predicted molar refractivity (Wildman–Crippen MR) is 138 cm³/mol. The standard InChI is InChI=1S/C26H20Br2N2O4/c1-15-6-5-9-22(16(15)2)30-25(32)19(24(31)29-26(30)33)12-17-10-11-23(21(28)13-17)34-14-18-7-3-4-8-20(18)27/h3-13H,14H2,1-2H3,(H,29,31,33)/b19-12+. The third-order valence-corrected chi connectivity index (χ3v) is 6.92. The number of aryl methyl sites for hydroxylation is 1. The van der Waals surface area contributed by atoms with E-state index in [1.165, 1.54) is 6.08 Å². The number of barbiturate groups is 1. The molecule has 3 aromatic rings. The first-order chi connectivity index (χ1) is 16.3. The lowest BCUT2D eigenvalue weighted by Gasteiger charge is -2.28. The zero-order chi connectivity index (χ0) is 24.4. The Kier molecular flexibility index (Phi) is 7.00. The number of anilines is 1. The number of carbonyl (C=O) groups is 3. The number of benzene rings is 3. The van der Waals surface area contributed by atoms with Gasteiger partial charge in [-0.3, -0.25) is 14.9 Å². The van der Waals surface area contributed by atoms with Gasteiger partial charge in [-0.05, 0) is 76.8 Å². The van der Waals surface area contributed by atoms with Gasteiger partial charge in [-0.25, -0.2) is 9.69 Å². The van der Waals surface area contributed by atoms with Gasteiger partial charge in [0.15, 0.2) is 0 Å². The fourth-order valence-corrected chi connectivity index (χ4v) is 4.43. The van der Waals surface area contributed by atoms with Crippen LogP contribution in [-0.4, -0.2) is 17.8 Å². The number of rotatable bonds is 5. The summed E-state index contributed by atoms with van der Waals surface area (Å²) in [6.45, 7) is 4.09. The van der Waals surface area contributed by atoms with Gasteiger partial charge in [-0.15, -0.1) is 0 Å². The maximum Gasteiger partial charge on any atom is 0.335 e. The van der Waals surface area contributed by atoms with Crippen molar-refractivity contribution in [3.63, 3.8) is 0 Å². The number of urea groups is 1. The Hall–Kier alpha value is -3.23. The second kappa shape index (κ2) is 9.95. The van der Waals surface area contributed by atoms with Crippen LogP contribution in [0.2, 0.25) is 0 Å². The average Bonchev–Trinajstić information content (AvgIpc) is 2.79. The quantitative estimate of drug-likeness (QED) is 0.292. The highest BCUT2D eigenvalue weighted by molar-refractivity contribution is 9.10. The highest BCUT2D eigenvalue weighted by Crippen LogP contribution is 2.30. The number of halogens is 2. The van der Waals surface area contributed by atoms with Gasteiger partial charge in [0, 0.05) is 10.0 Å². The van der Waals surface area contributed by atoms with Crippen molar-refractivity contribution in [3.05, 3.63) is 97.4 Å². The summed E-state index contributed by atoms with van der Waals surface area (Å²) in [5, 5.41) is 2.26. The molecule has 0 aliphatic carbocycles. The number of hydrogen-bond acceptors (Lipinski definition) is 4. The molecule has 172 valence electrons.